The van der Waals surface area contributed by atoms with Gasteiger partial charge in [0.05, 0.1) is 17.6 Å². The minimum atomic E-state index is -0.706. The van der Waals surface area contributed by atoms with E-state index in [0.29, 0.717) is 12.0 Å². The summed E-state index contributed by atoms with van der Waals surface area (Å²) in [5.41, 5.74) is 3.58. The van der Waals surface area contributed by atoms with Crippen molar-refractivity contribution in [2.75, 3.05) is 0 Å². The summed E-state index contributed by atoms with van der Waals surface area (Å²) in [5.74, 6) is -1.03. The molecule has 0 radical (unpaired) electrons. The lowest BCUT2D eigenvalue weighted by Gasteiger charge is -2.13. The van der Waals surface area contributed by atoms with Crippen molar-refractivity contribution in [1.29, 1.82) is 5.26 Å². The van der Waals surface area contributed by atoms with Crippen LogP contribution in [0.4, 0.5) is 0 Å². The van der Waals surface area contributed by atoms with Crippen molar-refractivity contribution in [2.24, 2.45) is 5.92 Å². The fourth-order valence-corrected chi connectivity index (χ4v) is 3.42. The number of nitriles is 1. The summed E-state index contributed by atoms with van der Waals surface area (Å²) in [5, 5.41) is 18.8. The molecule has 142 valence electrons. The Morgan fingerprint density at radius 1 is 1.00 bits per heavy atom. The number of rotatable bonds is 11. The molecule has 0 bridgehead atoms. The molecule has 0 amide bonds. The molecule has 0 aliphatic carbocycles. The highest BCUT2D eigenvalue weighted by molar-refractivity contribution is 5.72. The summed E-state index contributed by atoms with van der Waals surface area (Å²) >= 11 is 0. The van der Waals surface area contributed by atoms with Gasteiger partial charge in [-0.05, 0) is 35.6 Å². The third-order valence-corrected chi connectivity index (χ3v) is 5.05. The van der Waals surface area contributed by atoms with Crippen LogP contribution in [0.25, 0.3) is 11.1 Å². The SMILES string of the molecule is CCCCCCCCC(Cc1ccc(-c2ccccc2C#N)cc1)C(=O)O. The zero-order valence-electron chi connectivity index (χ0n) is 16.2. The molecule has 0 spiro atoms. The normalized spacial score (nSPS) is 11.7. The van der Waals surface area contributed by atoms with Gasteiger partial charge < -0.3 is 5.11 Å². The number of hydrogen-bond acceptors (Lipinski definition) is 2. The second kappa shape index (κ2) is 11.2. The Balaban J connectivity index is 1.94. The Morgan fingerprint density at radius 2 is 1.67 bits per heavy atom. The van der Waals surface area contributed by atoms with E-state index in [2.05, 4.69) is 13.0 Å². The Morgan fingerprint density at radius 3 is 2.33 bits per heavy atom. The molecule has 0 aliphatic rings. The fourth-order valence-electron chi connectivity index (χ4n) is 3.42. The first-order valence-corrected chi connectivity index (χ1v) is 9.97. The highest BCUT2D eigenvalue weighted by Gasteiger charge is 2.17. The van der Waals surface area contributed by atoms with Gasteiger partial charge >= 0.3 is 5.97 Å². The number of nitrogens with zero attached hydrogens (tertiary/aromatic N) is 1. The second-order valence-electron chi connectivity index (χ2n) is 7.15. The summed E-state index contributed by atoms with van der Waals surface area (Å²) in [4.78, 5) is 11.6. The van der Waals surface area contributed by atoms with Gasteiger partial charge in [-0.25, -0.2) is 0 Å². The molecule has 2 rings (SSSR count). The van der Waals surface area contributed by atoms with Crippen molar-refractivity contribution in [1.82, 2.24) is 0 Å². The van der Waals surface area contributed by atoms with Crippen LogP contribution in [0.2, 0.25) is 0 Å². The summed E-state index contributed by atoms with van der Waals surface area (Å²) in [7, 11) is 0. The van der Waals surface area contributed by atoms with Crippen LogP contribution < -0.4 is 0 Å². The molecule has 1 N–H and O–H groups in total. The smallest absolute Gasteiger partial charge is 0.306 e. The van der Waals surface area contributed by atoms with Crippen LogP contribution in [0.5, 0.6) is 0 Å². The van der Waals surface area contributed by atoms with Gasteiger partial charge in [-0.1, -0.05) is 87.9 Å². The summed E-state index contributed by atoms with van der Waals surface area (Å²) in [6.07, 6.45) is 8.34. The summed E-state index contributed by atoms with van der Waals surface area (Å²) < 4.78 is 0. The van der Waals surface area contributed by atoms with Crippen LogP contribution >= 0.6 is 0 Å². The largest absolute Gasteiger partial charge is 0.481 e. The third kappa shape index (κ3) is 6.57. The van der Waals surface area contributed by atoms with Gasteiger partial charge in [0.2, 0.25) is 0 Å². The third-order valence-electron chi connectivity index (χ3n) is 5.05. The summed E-state index contributed by atoms with van der Waals surface area (Å²) in [6, 6.07) is 17.7. The predicted molar refractivity (Wildman–Crippen MR) is 109 cm³/mol. The van der Waals surface area contributed by atoms with Gasteiger partial charge in [-0.3, -0.25) is 4.79 Å². The maximum Gasteiger partial charge on any atom is 0.306 e. The molecule has 27 heavy (non-hydrogen) atoms. The van der Waals surface area contributed by atoms with E-state index in [-0.39, 0.29) is 5.92 Å². The van der Waals surface area contributed by atoms with Crippen molar-refractivity contribution in [2.45, 2.75) is 58.3 Å². The molecule has 0 aromatic heterocycles. The molecule has 0 aliphatic heterocycles. The van der Waals surface area contributed by atoms with E-state index in [1.54, 1.807) is 0 Å². The van der Waals surface area contributed by atoms with Gasteiger partial charge in [-0.15, -0.1) is 0 Å². The molecule has 0 saturated heterocycles. The van der Waals surface area contributed by atoms with Gasteiger partial charge in [0, 0.05) is 0 Å². The van der Waals surface area contributed by atoms with Crippen LogP contribution in [0.3, 0.4) is 0 Å². The lowest BCUT2D eigenvalue weighted by Crippen LogP contribution is -2.16. The highest BCUT2D eigenvalue weighted by Crippen LogP contribution is 2.25. The van der Waals surface area contributed by atoms with Crippen LogP contribution in [0, 0.1) is 17.2 Å². The first-order valence-electron chi connectivity index (χ1n) is 9.97. The average Bonchev–Trinajstić information content (AvgIpc) is 2.70. The van der Waals surface area contributed by atoms with Crippen LogP contribution in [-0.4, -0.2) is 11.1 Å². The minimum Gasteiger partial charge on any atom is -0.481 e. The topological polar surface area (TPSA) is 61.1 Å². The van der Waals surface area contributed by atoms with E-state index in [1.807, 2.05) is 48.5 Å². The molecule has 0 fully saturated rings. The Bertz CT molecular complexity index is 759. The van der Waals surface area contributed by atoms with Crippen molar-refractivity contribution in [3.05, 3.63) is 59.7 Å². The molecule has 3 nitrogen and oxygen atoms in total. The van der Waals surface area contributed by atoms with Crippen molar-refractivity contribution < 1.29 is 9.90 Å². The predicted octanol–water partition coefficient (Wildman–Crippen LogP) is 6.22. The van der Waals surface area contributed by atoms with Gasteiger partial charge in [0.25, 0.3) is 0 Å². The minimum absolute atomic E-state index is 0.326. The van der Waals surface area contributed by atoms with E-state index in [4.69, 9.17) is 0 Å². The number of hydrogen-bond donors (Lipinski definition) is 1. The molecule has 2 aromatic rings. The number of carboxylic acids is 1. The van der Waals surface area contributed by atoms with Crippen LogP contribution in [-0.2, 0) is 11.2 Å². The number of aliphatic carboxylic acids is 1. The molecule has 1 atom stereocenters. The molecular formula is C24H29NO2. The second-order valence-corrected chi connectivity index (χ2v) is 7.15. The molecule has 1 unspecified atom stereocenters. The van der Waals surface area contributed by atoms with Crippen molar-refractivity contribution in [3.63, 3.8) is 0 Å². The molecule has 0 heterocycles. The van der Waals surface area contributed by atoms with E-state index >= 15 is 0 Å². The highest BCUT2D eigenvalue weighted by atomic mass is 16.4. The zero-order chi connectivity index (χ0) is 19.5. The maximum absolute atomic E-state index is 11.6. The van der Waals surface area contributed by atoms with Crippen LogP contribution in [0.15, 0.2) is 48.5 Å². The van der Waals surface area contributed by atoms with E-state index < -0.39 is 5.97 Å². The molecular weight excluding hydrogens is 334 g/mol. The number of carboxylic acid groups (broad SMARTS) is 1. The zero-order valence-corrected chi connectivity index (χ0v) is 16.2. The quantitative estimate of drug-likeness (QED) is 0.482. The number of carbonyl (C=O) groups is 1. The van der Waals surface area contributed by atoms with E-state index in [9.17, 15) is 15.2 Å². The van der Waals surface area contributed by atoms with E-state index in [0.717, 1.165) is 36.0 Å². The monoisotopic (exact) mass is 363 g/mol. The first-order chi connectivity index (χ1) is 13.2. The van der Waals surface area contributed by atoms with Gasteiger partial charge in [0.1, 0.15) is 0 Å². The number of unbranched alkanes of at least 4 members (excludes halogenated alkanes) is 5. The number of benzene rings is 2. The average molecular weight is 364 g/mol. The Labute approximate surface area is 162 Å². The van der Waals surface area contributed by atoms with E-state index in [1.165, 1.54) is 25.7 Å². The van der Waals surface area contributed by atoms with Crippen molar-refractivity contribution >= 4 is 5.97 Å². The van der Waals surface area contributed by atoms with Gasteiger partial charge in [-0.2, -0.15) is 5.26 Å². The Kier molecular flexibility index (Phi) is 8.58. The standard InChI is InChI=1S/C24H29NO2/c1-2-3-4-5-6-7-10-21(24(26)27)17-19-13-15-20(16-14-19)23-12-9-8-11-22(23)18-25/h8-9,11-16,21H,2-7,10,17H2,1H3,(H,26,27). The lowest BCUT2D eigenvalue weighted by atomic mass is 9.92. The first kappa shape index (κ1) is 20.7. The Hall–Kier alpha value is -2.60. The fraction of sp³-hybridized carbons (Fsp3) is 0.417. The molecule has 0 saturated carbocycles. The maximum atomic E-state index is 11.6. The van der Waals surface area contributed by atoms with Gasteiger partial charge in [0.15, 0.2) is 0 Å². The lowest BCUT2D eigenvalue weighted by molar-refractivity contribution is -0.142. The van der Waals surface area contributed by atoms with Crippen molar-refractivity contribution in [3.8, 4) is 17.2 Å². The molecule has 3 heteroatoms. The molecule has 2 aromatic carbocycles. The summed E-state index contributed by atoms with van der Waals surface area (Å²) in [6.45, 7) is 2.20. The van der Waals surface area contributed by atoms with Crippen LogP contribution in [0.1, 0.15) is 63.0 Å².